The number of amides is 1. The number of aliphatic hydroxyl groups excluding tert-OH is 1. The first-order valence-corrected chi connectivity index (χ1v) is 11.7. The fourth-order valence-corrected chi connectivity index (χ4v) is 5.20. The zero-order valence-electron chi connectivity index (χ0n) is 20.2. The van der Waals surface area contributed by atoms with Gasteiger partial charge in [-0.15, -0.1) is 0 Å². The van der Waals surface area contributed by atoms with Gasteiger partial charge >= 0.3 is 0 Å². The van der Waals surface area contributed by atoms with Gasteiger partial charge in [-0.05, 0) is 24.3 Å². The first-order valence-electron chi connectivity index (χ1n) is 11.7. The van der Waals surface area contributed by atoms with Crippen LogP contribution in [0.15, 0.2) is 48.7 Å². The number of nitrogens with zero attached hydrogens (tertiary/aromatic N) is 3. The molecule has 0 atom stereocenters. The Kier molecular flexibility index (Phi) is 5.40. The zero-order valence-corrected chi connectivity index (χ0v) is 20.2. The summed E-state index contributed by atoms with van der Waals surface area (Å²) < 4.78 is 14.1. The van der Waals surface area contributed by atoms with Gasteiger partial charge in [0.25, 0.3) is 5.91 Å². The number of aromatic nitrogens is 2. The number of para-hydroxylation sites is 1. The van der Waals surface area contributed by atoms with Crippen LogP contribution in [-0.2, 0) is 18.1 Å². The van der Waals surface area contributed by atoms with Gasteiger partial charge in [0.05, 0.1) is 25.6 Å². The van der Waals surface area contributed by atoms with Crippen molar-refractivity contribution in [1.29, 1.82) is 0 Å². The number of methoxy groups -OCH3 is 1. The number of benzene rings is 2. The summed E-state index contributed by atoms with van der Waals surface area (Å²) in [7, 11) is 3.55. The number of aryl methyl sites for hydroxylation is 1. The Labute approximate surface area is 199 Å². The van der Waals surface area contributed by atoms with E-state index in [4.69, 9.17) is 9.47 Å². The van der Waals surface area contributed by atoms with Crippen molar-refractivity contribution in [3.8, 4) is 22.8 Å². The highest BCUT2D eigenvalue weighted by Gasteiger charge is 2.46. The Bertz CT molecular complexity index is 1240. The molecule has 7 heteroatoms. The molecule has 2 aliphatic rings. The van der Waals surface area contributed by atoms with Crippen molar-refractivity contribution in [3.05, 3.63) is 65.4 Å². The van der Waals surface area contributed by atoms with Crippen LogP contribution in [0.2, 0.25) is 0 Å². The van der Waals surface area contributed by atoms with E-state index in [1.54, 1.807) is 13.2 Å². The molecule has 3 aromatic rings. The quantitative estimate of drug-likeness (QED) is 0.638. The number of ether oxygens (including phenoxy) is 2. The molecular formula is C27H31N3O4. The molecule has 1 saturated heterocycles. The molecule has 1 fully saturated rings. The molecule has 1 aromatic heterocycles. The van der Waals surface area contributed by atoms with Crippen LogP contribution in [0, 0.1) is 0 Å². The second-order valence-corrected chi connectivity index (χ2v) is 9.87. The predicted molar refractivity (Wildman–Crippen MR) is 129 cm³/mol. The molecule has 1 N–H and O–H groups in total. The predicted octanol–water partition coefficient (Wildman–Crippen LogP) is 3.89. The van der Waals surface area contributed by atoms with Crippen LogP contribution in [0.3, 0.4) is 0 Å². The van der Waals surface area contributed by atoms with Crippen molar-refractivity contribution in [3.63, 3.8) is 0 Å². The van der Waals surface area contributed by atoms with Crippen molar-refractivity contribution in [2.75, 3.05) is 26.8 Å². The molecular weight excluding hydrogens is 430 g/mol. The van der Waals surface area contributed by atoms with Crippen LogP contribution in [0.25, 0.3) is 11.3 Å². The molecule has 0 unspecified atom stereocenters. The Morgan fingerprint density at radius 1 is 1.21 bits per heavy atom. The van der Waals surface area contributed by atoms with Gasteiger partial charge in [0.2, 0.25) is 0 Å². The van der Waals surface area contributed by atoms with Gasteiger partial charge in [-0.3, -0.25) is 9.48 Å². The molecule has 1 amide bonds. The fraction of sp³-hybridized carbons (Fsp3) is 0.407. The van der Waals surface area contributed by atoms with Gasteiger partial charge in [0, 0.05) is 60.6 Å². The molecule has 0 radical (unpaired) electrons. The lowest BCUT2D eigenvalue weighted by Crippen LogP contribution is -2.49. The largest absolute Gasteiger partial charge is 0.496 e. The van der Waals surface area contributed by atoms with E-state index < -0.39 is 11.0 Å². The van der Waals surface area contributed by atoms with Crippen LogP contribution in [0.5, 0.6) is 11.5 Å². The third kappa shape index (κ3) is 3.46. The SMILES string of the molecule is COc1cc(C(=O)N2CCC3(CC2)Oc2ccccc2-c2c3cnn2C)ccc1C(C)(C)CO. The second kappa shape index (κ2) is 8.17. The summed E-state index contributed by atoms with van der Waals surface area (Å²) in [5.41, 5.74) is 3.76. The van der Waals surface area contributed by atoms with Crippen LogP contribution >= 0.6 is 0 Å². The number of hydrogen-bond donors (Lipinski definition) is 1. The highest BCUT2D eigenvalue weighted by Crippen LogP contribution is 2.49. The van der Waals surface area contributed by atoms with E-state index in [0.717, 1.165) is 28.1 Å². The lowest BCUT2D eigenvalue weighted by molar-refractivity contribution is -0.00173. The molecule has 0 saturated carbocycles. The fourth-order valence-electron chi connectivity index (χ4n) is 5.20. The average Bonchev–Trinajstić information content (AvgIpc) is 3.26. The van der Waals surface area contributed by atoms with E-state index in [2.05, 4.69) is 11.2 Å². The number of carbonyl (C=O) groups excluding carboxylic acids is 1. The molecule has 1 spiro atoms. The van der Waals surface area contributed by atoms with E-state index >= 15 is 0 Å². The Morgan fingerprint density at radius 2 is 1.94 bits per heavy atom. The van der Waals surface area contributed by atoms with Gasteiger partial charge in [0.1, 0.15) is 17.1 Å². The Morgan fingerprint density at radius 3 is 2.65 bits per heavy atom. The lowest BCUT2D eigenvalue weighted by Gasteiger charge is -2.44. The first-order chi connectivity index (χ1) is 16.3. The molecule has 2 aliphatic heterocycles. The van der Waals surface area contributed by atoms with Crippen molar-refractivity contribution >= 4 is 5.91 Å². The van der Waals surface area contributed by atoms with Gasteiger partial charge in [-0.2, -0.15) is 5.10 Å². The minimum Gasteiger partial charge on any atom is -0.496 e. The Balaban J connectivity index is 1.39. The van der Waals surface area contributed by atoms with Crippen LogP contribution in [0.4, 0.5) is 0 Å². The van der Waals surface area contributed by atoms with Crippen molar-refractivity contribution in [2.45, 2.75) is 37.7 Å². The summed E-state index contributed by atoms with van der Waals surface area (Å²) in [6.07, 6.45) is 3.30. The molecule has 7 nitrogen and oxygen atoms in total. The monoisotopic (exact) mass is 461 g/mol. The number of aliphatic hydroxyl groups is 1. The number of hydrogen-bond acceptors (Lipinski definition) is 5. The van der Waals surface area contributed by atoms with E-state index in [-0.39, 0.29) is 12.5 Å². The number of piperidine rings is 1. The summed E-state index contributed by atoms with van der Waals surface area (Å²) in [5, 5.41) is 14.3. The summed E-state index contributed by atoms with van der Waals surface area (Å²) >= 11 is 0. The second-order valence-electron chi connectivity index (χ2n) is 9.87. The van der Waals surface area contributed by atoms with E-state index in [0.29, 0.717) is 37.2 Å². The highest BCUT2D eigenvalue weighted by atomic mass is 16.5. The maximum Gasteiger partial charge on any atom is 0.253 e. The maximum atomic E-state index is 13.4. The molecule has 0 aliphatic carbocycles. The summed E-state index contributed by atoms with van der Waals surface area (Å²) in [6, 6.07) is 13.6. The molecule has 3 heterocycles. The van der Waals surface area contributed by atoms with Gasteiger partial charge in [0.15, 0.2) is 0 Å². The van der Waals surface area contributed by atoms with E-state index in [9.17, 15) is 9.90 Å². The average molecular weight is 462 g/mol. The number of fused-ring (bicyclic) bond motifs is 4. The third-order valence-electron chi connectivity index (χ3n) is 7.31. The van der Waals surface area contributed by atoms with E-state index in [1.807, 2.05) is 67.0 Å². The van der Waals surface area contributed by atoms with Crippen LogP contribution in [0.1, 0.15) is 48.2 Å². The zero-order chi connectivity index (χ0) is 24.1. The van der Waals surface area contributed by atoms with Crippen LogP contribution in [-0.4, -0.2) is 52.5 Å². The molecule has 0 bridgehead atoms. The maximum absolute atomic E-state index is 13.4. The molecule has 5 rings (SSSR count). The van der Waals surface area contributed by atoms with E-state index in [1.165, 1.54) is 0 Å². The summed E-state index contributed by atoms with van der Waals surface area (Å²) in [6.45, 7) is 5.06. The lowest BCUT2D eigenvalue weighted by atomic mass is 9.80. The summed E-state index contributed by atoms with van der Waals surface area (Å²) in [5.74, 6) is 1.46. The highest BCUT2D eigenvalue weighted by molar-refractivity contribution is 5.95. The minimum absolute atomic E-state index is 0.00960. The number of likely N-dealkylation sites (tertiary alicyclic amines) is 1. The normalized spacial score (nSPS) is 16.6. The van der Waals surface area contributed by atoms with Gasteiger partial charge < -0.3 is 19.5 Å². The first kappa shape index (κ1) is 22.5. The Hall–Kier alpha value is -3.32. The van der Waals surface area contributed by atoms with Gasteiger partial charge in [-0.1, -0.05) is 32.0 Å². The minimum atomic E-state index is -0.485. The van der Waals surface area contributed by atoms with Crippen LogP contribution < -0.4 is 9.47 Å². The molecule has 2 aromatic carbocycles. The number of carbonyl (C=O) groups is 1. The molecule has 178 valence electrons. The summed E-state index contributed by atoms with van der Waals surface area (Å²) in [4.78, 5) is 15.3. The van der Waals surface area contributed by atoms with Gasteiger partial charge in [-0.25, -0.2) is 0 Å². The third-order valence-corrected chi connectivity index (χ3v) is 7.31. The standard InChI is InChI=1S/C27H31N3O4/c1-26(2,17-31)20-10-9-18(15-23(20)33-4)25(32)30-13-11-27(12-14-30)21-16-28-29(3)24(21)19-7-5-6-8-22(19)34-27/h5-10,15-16,31H,11-14,17H2,1-4H3. The number of rotatable bonds is 4. The van der Waals surface area contributed by atoms with Crippen molar-refractivity contribution in [2.24, 2.45) is 7.05 Å². The van der Waals surface area contributed by atoms with Crippen molar-refractivity contribution < 1.29 is 19.4 Å². The van der Waals surface area contributed by atoms with Crippen molar-refractivity contribution in [1.82, 2.24) is 14.7 Å². The topological polar surface area (TPSA) is 76.8 Å². The smallest absolute Gasteiger partial charge is 0.253 e. The molecule has 34 heavy (non-hydrogen) atoms.